The summed E-state index contributed by atoms with van der Waals surface area (Å²) < 4.78 is 0. The number of hydrogen-bond acceptors (Lipinski definition) is 2. The summed E-state index contributed by atoms with van der Waals surface area (Å²) in [6, 6.07) is 0.412. The van der Waals surface area contributed by atoms with E-state index < -0.39 is 0 Å². The Balaban J connectivity index is 1.59. The van der Waals surface area contributed by atoms with Crippen LogP contribution < -0.4 is 5.32 Å². The Bertz CT molecular complexity index is 330. The van der Waals surface area contributed by atoms with Gasteiger partial charge in [-0.1, -0.05) is 19.3 Å². The minimum Gasteiger partial charge on any atom is -0.353 e. The molecule has 0 aliphatic heterocycles. The molecule has 1 N–H and O–H groups in total. The molecule has 3 aliphatic rings. The zero-order chi connectivity index (χ0) is 12.5. The van der Waals surface area contributed by atoms with Gasteiger partial charge in [0.25, 0.3) is 0 Å². The molecule has 2 unspecified atom stereocenters. The zero-order valence-electron chi connectivity index (χ0n) is 11.0. The van der Waals surface area contributed by atoms with Crippen molar-refractivity contribution in [3.8, 4) is 0 Å². The topological polar surface area (TPSA) is 46.2 Å². The van der Waals surface area contributed by atoms with E-state index in [1.807, 2.05) is 0 Å². The van der Waals surface area contributed by atoms with Gasteiger partial charge in [0.05, 0.1) is 0 Å². The first-order valence-electron chi connectivity index (χ1n) is 7.58. The molecule has 3 heteroatoms. The Labute approximate surface area is 109 Å². The molecule has 2 bridgehead atoms. The summed E-state index contributed by atoms with van der Waals surface area (Å²) in [4.78, 5) is 24.3. The minimum atomic E-state index is 0.110. The van der Waals surface area contributed by atoms with E-state index in [2.05, 4.69) is 5.32 Å². The van der Waals surface area contributed by atoms with Gasteiger partial charge in [0.1, 0.15) is 5.78 Å². The van der Waals surface area contributed by atoms with Gasteiger partial charge in [-0.2, -0.15) is 0 Å². The highest BCUT2D eigenvalue weighted by Crippen LogP contribution is 2.40. The molecule has 0 aromatic rings. The molecule has 1 amide bonds. The number of amides is 1. The van der Waals surface area contributed by atoms with Gasteiger partial charge in [-0.05, 0) is 38.5 Å². The van der Waals surface area contributed by atoms with Crippen molar-refractivity contribution in [2.75, 3.05) is 0 Å². The third kappa shape index (κ3) is 2.32. The first-order valence-corrected chi connectivity index (χ1v) is 7.58. The lowest BCUT2D eigenvalue weighted by atomic mass is 9.67. The first-order chi connectivity index (χ1) is 8.74. The van der Waals surface area contributed by atoms with E-state index in [0.717, 1.165) is 38.5 Å². The van der Waals surface area contributed by atoms with Gasteiger partial charge in [-0.15, -0.1) is 0 Å². The standard InChI is InChI=1S/C15H23NO2/c17-14-10-4-3-5-11(14)9-12(8-10)15(18)16-13-6-1-2-7-13/h10-13H,1-9H2,(H,16,18). The molecule has 3 aliphatic carbocycles. The normalized spacial score (nSPS) is 36.7. The SMILES string of the molecule is O=C(NC1CCCC1)C1CC2CCCC(C1)C2=O. The van der Waals surface area contributed by atoms with Crippen LogP contribution in [-0.2, 0) is 9.59 Å². The molecular weight excluding hydrogens is 226 g/mol. The number of rotatable bonds is 2. The number of fused-ring (bicyclic) bond motifs is 2. The van der Waals surface area contributed by atoms with Crippen molar-refractivity contribution in [2.45, 2.75) is 63.8 Å². The third-order valence-corrected chi connectivity index (χ3v) is 5.12. The largest absolute Gasteiger partial charge is 0.353 e. The van der Waals surface area contributed by atoms with Crippen molar-refractivity contribution in [2.24, 2.45) is 17.8 Å². The summed E-state index contributed by atoms with van der Waals surface area (Å²) in [7, 11) is 0. The van der Waals surface area contributed by atoms with E-state index in [0.29, 0.717) is 11.8 Å². The summed E-state index contributed by atoms with van der Waals surface area (Å²) in [6.07, 6.45) is 9.62. The van der Waals surface area contributed by atoms with Crippen molar-refractivity contribution in [3.63, 3.8) is 0 Å². The fraction of sp³-hybridized carbons (Fsp3) is 0.867. The quantitative estimate of drug-likeness (QED) is 0.817. The van der Waals surface area contributed by atoms with Crippen LogP contribution in [0.5, 0.6) is 0 Å². The van der Waals surface area contributed by atoms with Crippen LogP contribution in [0.1, 0.15) is 57.8 Å². The number of Topliss-reactive ketones (excluding diaryl/α,β-unsaturated/α-hetero) is 1. The highest BCUT2D eigenvalue weighted by molar-refractivity contribution is 5.88. The maximum atomic E-state index is 12.3. The fourth-order valence-corrected chi connectivity index (χ4v) is 4.08. The van der Waals surface area contributed by atoms with Crippen LogP contribution in [0.15, 0.2) is 0 Å². The number of ketones is 1. The Kier molecular flexibility index (Phi) is 3.40. The maximum Gasteiger partial charge on any atom is 0.223 e. The molecule has 0 radical (unpaired) electrons. The average molecular weight is 249 g/mol. The number of nitrogens with one attached hydrogen (secondary N) is 1. The van der Waals surface area contributed by atoms with Gasteiger partial charge in [0, 0.05) is 23.8 Å². The third-order valence-electron chi connectivity index (χ3n) is 5.12. The lowest BCUT2D eigenvalue weighted by molar-refractivity contribution is -0.137. The summed E-state index contributed by atoms with van der Waals surface area (Å²) in [5.41, 5.74) is 0. The summed E-state index contributed by atoms with van der Waals surface area (Å²) in [5, 5.41) is 3.20. The van der Waals surface area contributed by atoms with Crippen LogP contribution in [0.2, 0.25) is 0 Å². The van der Waals surface area contributed by atoms with Crippen LogP contribution in [0, 0.1) is 17.8 Å². The molecule has 0 saturated heterocycles. The number of hydrogen-bond donors (Lipinski definition) is 1. The van der Waals surface area contributed by atoms with E-state index in [-0.39, 0.29) is 23.7 Å². The van der Waals surface area contributed by atoms with Crippen LogP contribution >= 0.6 is 0 Å². The Morgan fingerprint density at radius 3 is 2.17 bits per heavy atom. The Morgan fingerprint density at radius 2 is 1.56 bits per heavy atom. The number of carbonyl (C=O) groups excluding carboxylic acids is 2. The van der Waals surface area contributed by atoms with E-state index >= 15 is 0 Å². The van der Waals surface area contributed by atoms with Crippen molar-refractivity contribution >= 4 is 11.7 Å². The highest BCUT2D eigenvalue weighted by Gasteiger charge is 2.41. The predicted molar refractivity (Wildman–Crippen MR) is 69.0 cm³/mol. The smallest absolute Gasteiger partial charge is 0.223 e. The van der Waals surface area contributed by atoms with Crippen molar-refractivity contribution in [1.29, 1.82) is 0 Å². The highest BCUT2D eigenvalue weighted by atomic mass is 16.2. The van der Waals surface area contributed by atoms with Gasteiger partial charge in [0.15, 0.2) is 0 Å². The molecule has 0 aromatic heterocycles. The fourth-order valence-electron chi connectivity index (χ4n) is 4.08. The zero-order valence-corrected chi connectivity index (χ0v) is 11.0. The van der Waals surface area contributed by atoms with Gasteiger partial charge in [-0.25, -0.2) is 0 Å². The lowest BCUT2D eigenvalue weighted by Gasteiger charge is -2.37. The van der Waals surface area contributed by atoms with Crippen molar-refractivity contribution in [3.05, 3.63) is 0 Å². The van der Waals surface area contributed by atoms with E-state index in [1.165, 1.54) is 19.3 Å². The van der Waals surface area contributed by atoms with E-state index in [1.54, 1.807) is 0 Å². The summed E-state index contributed by atoms with van der Waals surface area (Å²) in [5.74, 6) is 1.17. The second-order valence-electron chi connectivity index (χ2n) is 6.39. The Morgan fingerprint density at radius 1 is 0.944 bits per heavy atom. The van der Waals surface area contributed by atoms with Crippen LogP contribution in [-0.4, -0.2) is 17.7 Å². The number of carbonyl (C=O) groups is 2. The van der Waals surface area contributed by atoms with Crippen molar-refractivity contribution < 1.29 is 9.59 Å². The first kappa shape index (κ1) is 12.2. The van der Waals surface area contributed by atoms with Crippen molar-refractivity contribution in [1.82, 2.24) is 5.32 Å². The average Bonchev–Trinajstić information content (AvgIpc) is 2.81. The van der Waals surface area contributed by atoms with Crippen LogP contribution in [0.4, 0.5) is 0 Å². The lowest BCUT2D eigenvalue weighted by Crippen LogP contribution is -2.44. The molecule has 2 atom stereocenters. The second kappa shape index (κ2) is 5.02. The van der Waals surface area contributed by atoms with Crippen LogP contribution in [0.25, 0.3) is 0 Å². The molecule has 3 nitrogen and oxygen atoms in total. The van der Waals surface area contributed by atoms with Gasteiger partial charge < -0.3 is 5.32 Å². The molecule has 100 valence electrons. The maximum absolute atomic E-state index is 12.3. The minimum absolute atomic E-state index is 0.110. The molecule has 3 rings (SSSR count). The monoisotopic (exact) mass is 249 g/mol. The van der Waals surface area contributed by atoms with Crippen LogP contribution in [0.3, 0.4) is 0 Å². The second-order valence-corrected chi connectivity index (χ2v) is 6.39. The van der Waals surface area contributed by atoms with Gasteiger partial charge in [-0.3, -0.25) is 9.59 Å². The molecule has 0 aromatic carbocycles. The van der Waals surface area contributed by atoms with Gasteiger partial charge >= 0.3 is 0 Å². The summed E-state index contributed by atoms with van der Waals surface area (Å²) in [6.45, 7) is 0. The molecular formula is C15H23NO2. The van der Waals surface area contributed by atoms with Gasteiger partial charge in [0.2, 0.25) is 5.91 Å². The predicted octanol–water partition coefficient (Wildman–Crippen LogP) is 2.44. The molecule has 0 spiro atoms. The summed E-state index contributed by atoms with van der Waals surface area (Å²) >= 11 is 0. The Hall–Kier alpha value is -0.860. The van der Waals surface area contributed by atoms with E-state index in [4.69, 9.17) is 0 Å². The van der Waals surface area contributed by atoms with E-state index in [9.17, 15) is 9.59 Å². The molecule has 3 fully saturated rings. The molecule has 0 heterocycles. The molecule has 3 saturated carbocycles. The molecule has 18 heavy (non-hydrogen) atoms.